The molecule has 1 atom stereocenters. The predicted octanol–water partition coefficient (Wildman–Crippen LogP) is 3.12. The van der Waals surface area contributed by atoms with Crippen molar-refractivity contribution in [2.45, 2.75) is 65.0 Å². The summed E-state index contributed by atoms with van der Waals surface area (Å²) in [4.78, 5) is 14.0. The molecular formula is C18H24N4OS. The van der Waals surface area contributed by atoms with E-state index in [4.69, 9.17) is 0 Å². The Kier molecular flexibility index (Phi) is 4.39. The number of aromatic nitrogens is 3. The van der Waals surface area contributed by atoms with E-state index in [1.165, 1.54) is 36.1 Å². The van der Waals surface area contributed by atoms with Crippen molar-refractivity contribution in [2.24, 2.45) is 5.92 Å². The van der Waals surface area contributed by atoms with Crippen molar-refractivity contribution in [1.82, 2.24) is 20.1 Å². The summed E-state index contributed by atoms with van der Waals surface area (Å²) < 4.78 is 2.19. The van der Waals surface area contributed by atoms with E-state index in [-0.39, 0.29) is 5.91 Å². The van der Waals surface area contributed by atoms with Gasteiger partial charge in [-0.3, -0.25) is 4.79 Å². The van der Waals surface area contributed by atoms with Crippen molar-refractivity contribution in [3.63, 3.8) is 0 Å². The highest BCUT2D eigenvalue weighted by molar-refractivity contribution is 7.10. The summed E-state index contributed by atoms with van der Waals surface area (Å²) in [6.07, 6.45) is 7.92. The van der Waals surface area contributed by atoms with Gasteiger partial charge in [-0.1, -0.05) is 13.3 Å². The fraction of sp³-hybridized carbons (Fsp3) is 0.611. The standard InChI is InChI=1S/C18H24N4OS/c1-12-6-7-13-14(11-24-15(13)9-12)18(23)19-10-17-21-20-16-5-3-2-4-8-22(16)17/h11-12H,2-10H2,1H3,(H,19,23). The van der Waals surface area contributed by atoms with Gasteiger partial charge in [-0.05, 0) is 43.6 Å². The first-order valence-corrected chi connectivity index (χ1v) is 9.88. The quantitative estimate of drug-likeness (QED) is 0.931. The molecule has 1 N–H and O–H groups in total. The molecule has 0 saturated carbocycles. The largest absolute Gasteiger partial charge is 0.345 e. The number of rotatable bonds is 3. The molecule has 0 saturated heterocycles. The third-order valence-electron chi connectivity index (χ3n) is 5.24. The van der Waals surface area contributed by atoms with Gasteiger partial charge < -0.3 is 9.88 Å². The van der Waals surface area contributed by atoms with E-state index >= 15 is 0 Å². The second kappa shape index (κ2) is 6.67. The highest BCUT2D eigenvalue weighted by Crippen LogP contribution is 2.32. The van der Waals surface area contributed by atoms with E-state index in [2.05, 4.69) is 27.0 Å². The van der Waals surface area contributed by atoms with Crippen LogP contribution >= 0.6 is 11.3 Å². The molecule has 2 aromatic rings. The first kappa shape index (κ1) is 15.8. The second-order valence-corrected chi connectivity index (χ2v) is 8.04. The summed E-state index contributed by atoms with van der Waals surface area (Å²) in [6.45, 7) is 3.73. The Morgan fingerprint density at radius 3 is 3.17 bits per heavy atom. The van der Waals surface area contributed by atoms with Crippen molar-refractivity contribution >= 4 is 17.2 Å². The maximum Gasteiger partial charge on any atom is 0.252 e. The number of nitrogens with one attached hydrogen (secondary N) is 1. The van der Waals surface area contributed by atoms with E-state index in [0.717, 1.165) is 48.9 Å². The van der Waals surface area contributed by atoms with Crippen LogP contribution in [0.5, 0.6) is 0 Å². The molecule has 2 aliphatic rings. The zero-order valence-corrected chi connectivity index (χ0v) is 15.0. The Hall–Kier alpha value is -1.69. The predicted molar refractivity (Wildman–Crippen MR) is 94.3 cm³/mol. The summed E-state index contributed by atoms with van der Waals surface area (Å²) >= 11 is 1.74. The molecule has 128 valence electrons. The summed E-state index contributed by atoms with van der Waals surface area (Å²) in [5.41, 5.74) is 2.15. The van der Waals surface area contributed by atoms with Crippen molar-refractivity contribution in [3.05, 3.63) is 33.0 Å². The molecule has 2 aromatic heterocycles. The van der Waals surface area contributed by atoms with Crippen LogP contribution in [0.1, 0.15) is 65.1 Å². The average Bonchev–Trinajstić information content (AvgIpc) is 3.09. The molecule has 6 heteroatoms. The Morgan fingerprint density at radius 1 is 1.33 bits per heavy atom. The van der Waals surface area contributed by atoms with E-state index in [1.807, 2.05) is 5.38 Å². The van der Waals surface area contributed by atoms with Crippen LogP contribution in [-0.2, 0) is 32.4 Å². The molecule has 1 amide bonds. The highest BCUT2D eigenvalue weighted by atomic mass is 32.1. The van der Waals surface area contributed by atoms with E-state index in [9.17, 15) is 4.79 Å². The molecule has 1 unspecified atom stereocenters. The van der Waals surface area contributed by atoms with Gasteiger partial charge >= 0.3 is 0 Å². The first-order chi connectivity index (χ1) is 11.7. The van der Waals surface area contributed by atoms with Gasteiger partial charge in [0.2, 0.25) is 0 Å². The second-order valence-electron chi connectivity index (χ2n) is 7.08. The van der Waals surface area contributed by atoms with Gasteiger partial charge in [0.25, 0.3) is 5.91 Å². The molecule has 3 heterocycles. The normalized spacial score (nSPS) is 20.1. The lowest BCUT2D eigenvalue weighted by atomic mass is 9.88. The van der Waals surface area contributed by atoms with Gasteiger partial charge in [0.1, 0.15) is 5.82 Å². The number of carbonyl (C=O) groups excluding carboxylic acids is 1. The average molecular weight is 344 g/mol. The minimum Gasteiger partial charge on any atom is -0.345 e. The van der Waals surface area contributed by atoms with Crippen LogP contribution in [0.3, 0.4) is 0 Å². The van der Waals surface area contributed by atoms with Gasteiger partial charge in [-0.15, -0.1) is 21.5 Å². The maximum atomic E-state index is 12.6. The van der Waals surface area contributed by atoms with Gasteiger partial charge in [0.05, 0.1) is 12.1 Å². The summed E-state index contributed by atoms with van der Waals surface area (Å²) in [5, 5.41) is 13.7. The Labute approximate surface area is 146 Å². The van der Waals surface area contributed by atoms with Gasteiger partial charge in [-0.2, -0.15) is 0 Å². The van der Waals surface area contributed by atoms with Gasteiger partial charge in [-0.25, -0.2) is 0 Å². The summed E-state index contributed by atoms with van der Waals surface area (Å²) in [7, 11) is 0. The lowest BCUT2D eigenvalue weighted by molar-refractivity contribution is 0.0948. The number of aryl methyl sites for hydroxylation is 1. The minimum atomic E-state index is 0.0352. The highest BCUT2D eigenvalue weighted by Gasteiger charge is 2.23. The zero-order valence-electron chi connectivity index (χ0n) is 14.2. The van der Waals surface area contributed by atoms with Crippen LogP contribution in [0.25, 0.3) is 0 Å². The Morgan fingerprint density at radius 2 is 2.25 bits per heavy atom. The number of carbonyl (C=O) groups is 1. The van der Waals surface area contributed by atoms with Gasteiger partial charge in [0, 0.05) is 23.2 Å². The number of hydrogen-bond donors (Lipinski definition) is 1. The lowest BCUT2D eigenvalue weighted by Crippen LogP contribution is -2.26. The van der Waals surface area contributed by atoms with Crippen molar-refractivity contribution in [3.8, 4) is 0 Å². The minimum absolute atomic E-state index is 0.0352. The van der Waals surface area contributed by atoms with E-state index < -0.39 is 0 Å². The Bertz CT molecular complexity index is 748. The van der Waals surface area contributed by atoms with Crippen LogP contribution in [0, 0.1) is 5.92 Å². The van der Waals surface area contributed by atoms with Gasteiger partial charge in [0.15, 0.2) is 5.82 Å². The monoisotopic (exact) mass is 344 g/mol. The molecule has 1 aliphatic heterocycles. The van der Waals surface area contributed by atoms with Crippen LogP contribution in [0.4, 0.5) is 0 Å². The van der Waals surface area contributed by atoms with Crippen LogP contribution < -0.4 is 5.32 Å². The van der Waals surface area contributed by atoms with Crippen molar-refractivity contribution in [1.29, 1.82) is 0 Å². The molecule has 0 spiro atoms. The topological polar surface area (TPSA) is 59.8 Å². The molecule has 0 bridgehead atoms. The Balaban J connectivity index is 1.45. The van der Waals surface area contributed by atoms with Crippen molar-refractivity contribution < 1.29 is 4.79 Å². The fourth-order valence-corrected chi connectivity index (χ4v) is 5.04. The zero-order chi connectivity index (χ0) is 16.5. The third kappa shape index (κ3) is 2.99. The summed E-state index contributed by atoms with van der Waals surface area (Å²) in [5.74, 6) is 2.73. The molecule has 0 radical (unpaired) electrons. The van der Waals surface area contributed by atoms with Crippen molar-refractivity contribution in [2.75, 3.05) is 0 Å². The van der Waals surface area contributed by atoms with E-state index in [0.29, 0.717) is 6.54 Å². The third-order valence-corrected chi connectivity index (χ3v) is 6.29. The lowest BCUT2D eigenvalue weighted by Gasteiger charge is -2.18. The SMILES string of the molecule is CC1CCc2c(C(=O)NCc3nnc4n3CCCCC4)csc2C1. The number of thiophene rings is 1. The van der Waals surface area contributed by atoms with Crippen LogP contribution in [0.2, 0.25) is 0 Å². The number of hydrogen-bond acceptors (Lipinski definition) is 4. The smallest absolute Gasteiger partial charge is 0.252 e. The van der Waals surface area contributed by atoms with E-state index in [1.54, 1.807) is 11.3 Å². The molecule has 0 aromatic carbocycles. The molecule has 4 rings (SSSR count). The molecule has 24 heavy (non-hydrogen) atoms. The van der Waals surface area contributed by atoms with Crippen LogP contribution in [0.15, 0.2) is 5.38 Å². The number of amides is 1. The number of nitrogens with zero attached hydrogens (tertiary/aromatic N) is 3. The molecule has 0 fully saturated rings. The first-order valence-electron chi connectivity index (χ1n) is 9.00. The fourth-order valence-electron chi connectivity index (χ4n) is 3.80. The maximum absolute atomic E-state index is 12.6. The summed E-state index contributed by atoms with van der Waals surface area (Å²) in [6, 6.07) is 0. The molecule has 5 nitrogen and oxygen atoms in total. The molecular weight excluding hydrogens is 320 g/mol. The number of fused-ring (bicyclic) bond motifs is 2. The molecule has 1 aliphatic carbocycles. The van der Waals surface area contributed by atoms with Crippen LogP contribution in [-0.4, -0.2) is 20.7 Å².